The van der Waals surface area contributed by atoms with Crippen molar-refractivity contribution in [3.8, 4) is 0 Å². The fourth-order valence-electron chi connectivity index (χ4n) is 1.41. The Balaban J connectivity index is 1.84. The highest BCUT2D eigenvalue weighted by atomic mass is 35.5. The van der Waals surface area contributed by atoms with Gasteiger partial charge in [-0.2, -0.15) is 5.10 Å². The van der Waals surface area contributed by atoms with Crippen LogP contribution < -0.4 is 5.43 Å². The van der Waals surface area contributed by atoms with Crippen molar-refractivity contribution in [1.29, 1.82) is 0 Å². The van der Waals surface area contributed by atoms with Crippen LogP contribution in [0.15, 0.2) is 53.6 Å². The molecule has 0 aliphatic carbocycles. The maximum absolute atomic E-state index is 12.7. The topological polar surface area (TPSA) is 24.4 Å². The summed E-state index contributed by atoms with van der Waals surface area (Å²) in [5, 5.41) is 4.77. The van der Waals surface area contributed by atoms with E-state index in [9.17, 15) is 4.39 Å². The van der Waals surface area contributed by atoms with Gasteiger partial charge < -0.3 is 5.43 Å². The molecule has 18 heavy (non-hydrogen) atoms. The van der Waals surface area contributed by atoms with Gasteiger partial charge in [-0.15, -0.1) is 0 Å². The monoisotopic (exact) mass is 262 g/mol. The minimum absolute atomic E-state index is 0.249. The van der Waals surface area contributed by atoms with Gasteiger partial charge in [0.15, 0.2) is 0 Å². The van der Waals surface area contributed by atoms with Crippen LogP contribution in [0, 0.1) is 5.82 Å². The van der Waals surface area contributed by atoms with E-state index in [1.54, 1.807) is 18.3 Å². The van der Waals surface area contributed by atoms with E-state index in [2.05, 4.69) is 10.5 Å². The molecule has 0 aliphatic rings. The van der Waals surface area contributed by atoms with Crippen LogP contribution >= 0.6 is 11.6 Å². The second-order valence-corrected chi connectivity index (χ2v) is 4.21. The quantitative estimate of drug-likeness (QED) is 0.661. The van der Waals surface area contributed by atoms with Crippen molar-refractivity contribution in [3.05, 3.63) is 70.5 Å². The first-order valence-corrected chi connectivity index (χ1v) is 5.88. The maximum atomic E-state index is 12.7. The van der Waals surface area contributed by atoms with Gasteiger partial charge in [0.1, 0.15) is 5.82 Å². The number of hydrogen-bond acceptors (Lipinski definition) is 2. The highest BCUT2D eigenvalue weighted by Gasteiger charge is 1.92. The molecule has 2 rings (SSSR count). The van der Waals surface area contributed by atoms with E-state index in [-0.39, 0.29) is 5.82 Å². The number of hydrogen-bond donors (Lipinski definition) is 1. The Morgan fingerprint density at radius 2 is 1.72 bits per heavy atom. The van der Waals surface area contributed by atoms with Crippen LogP contribution in [0.2, 0.25) is 5.02 Å². The lowest BCUT2D eigenvalue weighted by Gasteiger charge is -2.00. The van der Waals surface area contributed by atoms with Crippen LogP contribution in [-0.4, -0.2) is 6.21 Å². The summed E-state index contributed by atoms with van der Waals surface area (Å²) < 4.78 is 12.7. The first-order chi connectivity index (χ1) is 8.74. The molecule has 0 spiro atoms. The van der Waals surface area contributed by atoms with E-state index in [1.807, 2.05) is 24.3 Å². The molecule has 0 saturated carbocycles. The SMILES string of the molecule is Fc1ccc(/C=N\NCc2ccc(Cl)cc2)cc1. The van der Waals surface area contributed by atoms with Crippen LogP contribution in [0.5, 0.6) is 0 Å². The van der Waals surface area contributed by atoms with Gasteiger partial charge >= 0.3 is 0 Å². The molecule has 0 radical (unpaired) electrons. The summed E-state index contributed by atoms with van der Waals surface area (Å²) in [6.07, 6.45) is 1.65. The van der Waals surface area contributed by atoms with Crippen LogP contribution in [0.3, 0.4) is 0 Å². The van der Waals surface area contributed by atoms with E-state index < -0.39 is 0 Å². The third-order valence-corrected chi connectivity index (χ3v) is 2.62. The van der Waals surface area contributed by atoms with Gasteiger partial charge in [0.25, 0.3) is 0 Å². The molecular formula is C14H12ClFN2. The van der Waals surface area contributed by atoms with Crippen LogP contribution in [-0.2, 0) is 6.54 Å². The lowest BCUT2D eigenvalue weighted by atomic mass is 10.2. The highest BCUT2D eigenvalue weighted by molar-refractivity contribution is 6.30. The lowest BCUT2D eigenvalue weighted by molar-refractivity contribution is 0.628. The second kappa shape index (κ2) is 6.17. The zero-order valence-corrected chi connectivity index (χ0v) is 10.4. The van der Waals surface area contributed by atoms with E-state index in [0.717, 1.165) is 11.1 Å². The highest BCUT2D eigenvalue weighted by Crippen LogP contribution is 2.09. The molecule has 0 aliphatic heterocycles. The summed E-state index contributed by atoms with van der Waals surface area (Å²) >= 11 is 5.79. The predicted octanol–water partition coefficient (Wildman–Crippen LogP) is 3.60. The third-order valence-electron chi connectivity index (χ3n) is 2.37. The zero-order valence-electron chi connectivity index (χ0n) is 9.61. The summed E-state index contributed by atoms with van der Waals surface area (Å²) in [6, 6.07) is 13.7. The Kier molecular flexibility index (Phi) is 4.31. The zero-order chi connectivity index (χ0) is 12.8. The molecule has 1 N–H and O–H groups in total. The maximum Gasteiger partial charge on any atom is 0.123 e. The molecule has 4 heteroatoms. The first-order valence-electron chi connectivity index (χ1n) is 5.50. The first kappa shape index (κ1) is 12.6. The van der Waals surface area contributed by atoms with Gasteiger partial charge in [-0.25, -0.2) is 4.39 Å². The molecule has 0 bridgehead atoms. The molecule has 2 aromatic carbocycles. The summed E-state index contributed by atoms with van der Waals surface area (Å²) in [4.78, 5) is 0. The Morgan fingerprint density at radius 1 is 1.06 bits per heavy atom. The van der Waals surface area contributed by atoms with Gasteiger partial charge in [0, 0.05) is 5.02 Å². The molecule has 92 valence electrons. The van der Waals surface area contributed by atoms with Crippen molar-refractivity contribution >= 4 is 17.8 Å². The predicted molar refractivity (Wildman–Crippen MR) is 72.3 cm³/mol. The van der Waals surface area contributed by atoms with Gasteiger partial charge in [0.2, 0.25) is 0 Å². The Bertz CT molecular complexity index is 520. The van der Waals surface area contributed by atoms with Crippen molar-refractivity contribution in [2.45, 2.75) is 6.54 Å². The largest absolute Gasteiger partial charge is 0.306 e. The van der Waals surface area contributed by atoms with Crippen molar-refractivity contribution in [1.82, 2.24) is 5.43 Å². The number of nitrogens with zero attached hydrogens (tertiary/aromatic N) is 1. The minimum Gasteiger partial charge on any atom is -0.306 e. The standard InChI is InChI=1S/C14H12ClFN2/c15-13-5-1-11(2-6-13)9-17-18-10-12-3-7-14(16)8-4-12/h1-8,10,17H,9H2/b18-10-. The van der Waals surface area contributed by atoms with Crippen molar-refractivity contribution in [2.75, 3.05) is 0 Å². The van der Waals surface area contributed by atoms with Gasteiger partial charge in [-0.3, -0.25) is 0 Å². The lowest BCUT2D eigenvalue weighted by Crippen LogP contribution is -2.05. The second-order valence-electron chi connectivity index (χ2n) is 3.77. The van der Waals surface area contributed by atoms with Crippen LogP contribution in [0.4, 0.5) is 4.39 Å². The van der Waals surface area contributed by atoms with Gasteiger partial charge in [-0.05, 0) is 35.4 Å². The van der Waals surface area contributed by atoms with E-state index in [1.165, 1.54) is 12.1 Å². The number of nitrogens with one attached hydrogen (secondary N) is 1. The molecule has 2 aromatic rings. The number of benzene rings is 2. The molecule has 0 aromatic heterocycles. The summed E-state index contributed by atoms with van der Waals surface area (Å²) in [7, 11) is 0. The smallest absolute Gasteiger partial charge is 0.123 e. The van der Waals surface area contributed by atoms with Crippen molar-refractivity contribution < 1.29 is 4.39 Å². The Morgan fingerprint density at radius 3 is 2.39 bits per heavy atom. The number of hydrazone groups is 1. The molecule has 0 fully saturated rings. The molecule has 0 saturated heterocycles. The summed E-state index contributed by atoms with van der Waals surface area (Å²) in [5.41, 5.74) is 4.86. The Labute approximate surface area is 110 Å². The minimum atomic E-state index is -0.249. The van der Waals surface area contributed by atoms with Crippen LogP contribution in [0.25, 0.3) is 0 Å². The molecular weight excluding hydrogens is 251 g/mol. The fourth-order valence-corrected chi connectivity index (χ4v) is 1.53. The molecule has 2 nitrogen and oxygen atoms in total. The average molecular weight is 263 g/mol. The molecule has 0 atom stereocenters. The van der Waals surface area contributed by atoms with E-state index in [0.29, 0.717) is 11.6 Å². The fraction of sp³-hybridized carbons (Fsp3) is 0.0714. The molecule has 0 unspecified atom stereocenters. The molecule has 0 heterocycles. The van der Waals surface area contributed by atoms with Crippen molar-refractivity contribution in [2.24, 2.45) is 5.10 Å². The van der Waals surface area contributed by atoms with Gasteiger partial charge in [-0.1, -0.05) is 35.9 Å². The normalized spacial score (nSPS) is 10.8. The Hall–Kier alpha value is -1.87. The molecule has 0 amide bonds. The number of rotatable bonds is 4. The summed E-state index contributed by atoms with van der Waals surface area (Å²) in [6.45, 7) is 0.620. The third kappa shape index (κ3) is 3.86. The number of halogens is 2. The average Bonchev–Trinajstić information content (AvgIpc) is 2.39. The summed E-state index contributed by atoms with van der Waals surface area (Å²) in [5.74, 6) is -0.249. The van der Waals surface area contributed by atoms with Gasteiger partial charge in [0.05, 0.1) is 12.8 Å². The van der Waals surface area contributed by atoms with Crippen molar-refractivity contribution in [3.63, 3.8) is 0 Å². The van der Waals surface area contributed by atoms with E-state index in [4.69, 9.17) is 11.6 Å². The van der Waals surface area contributed by atoms with E-state index >= 15 is 0 Å². The van der Waals surface area contributed by atoms with Crippen LogP contribution in [0.1, 0.15) is 11.1 Å².